The van der Waals surface area contributed by atoms with Crippen molar-refractivity contribution < 1.29 is 9.90 Å². The molecule has 0 spiro atoms. The summed E-state index contributed by atoms with van der Waals surface area (Å²) in [6, 6.07) is 0.381. The van der Waals surface area contributed by atoms with Gasteiger partial charge in [0.1, 0.15) is 4.88 Å². The first-order valence-corrected chi connectivity index (χ1v) is 7.60. The van der Waals surface area contributed by atoms with Crippen LogP contribution in [-0.4, -0.2) is 22.1 Å². The van der Waals surface area contributed by atoms with Crippen LogP contribution in [0.25, 0.3) is 0 Å². The van der Waals surface area contributed by atoms with Crippen LogP contribution in [-0.2, 0) is 0 Å². The van der Waals surface area contributed by atoms with Gasteiger partial charge in [-0.15, -0.1) is 0 Å². The third kappa shape index (κ3) is 1.86. The maximum Gasteiger partial charge on any atom is 0.347 e. The molecule has 5 heteroatoms. The molecule has 1 aromatic rings. The fourth-order valence-corrected chi connectivity index (χ4v) is 4.91. The summed E-state index contributed by atoms with van der Waals surface area (Å²) in [6.07, 6.45) is 5.29. The molecular formula is C14H20N2O2S. The summed E-state index contributed by atoms with van der Waals surface area (Å²) in [6.45, 7) is 7.00. The highest BCUT2D eigenvalue weighted by molar-refractivity contribution is 7.17. The van der Waals surface area contributed by atoms with Gasteiger partial charge in [-0.1, -0.05) is 32.1 Å². The Balaban J connectivity index is 1.84. The summed E-state index contributed by atoms with van der Waals surface area (Å²) in [7, 11) is 0. The summed E-state index contributed by atoms with van der Waals surface area (Å²) in [5.41, 5.74) is 0.575. The van der Waals surface area contributed by atoms with E-state index in [4.69, 9.17) is 5.11 Å². The maximum absolute atomic E-state index is 10.9. The number of thiazole rings is 1. The average molecular weight is 280 g/mol. The minimum absolute atomic E-state index is 0.252. The lowest BCUT2D eigenvalue weighted by atomic mass is 9.68. The largest absolute Gasteiger partial charge is 0.477 e. The van der Waals surface area contributed by atoms with Crippen LogP contribution >= 0.6 is 11.3 Å². The Bertz CT molecular complexity index is 521. The van der Waals surface area contributed by atoms with Gasteiger partial charge < -0.3 is 10.4 Å². The van der Waals surface area contributed by atoms with Crippen molar-refractivity contribution in [2.75, 3.05) is 5.32 Å². The molecule has 1 aromatic heterocycles. The van der Waals surface area contributed by atoms with E-state index in [1.54, 1.807) is 0 Å². The van der Waals surface area contributed by atoms with Crippen LogP contribution in [0.2, 0.25) is 0 Å². The van der Waals surface area contributed by atoms with Crippen LogP contribution in [0.4, 0.5) is 5.13 Å². The molecule has 2 saturated carbocycles. The number of nitrogens with one attached hydrogen (secondary N) is 1. The van der Waals surface area contributed by atoms with Crippen LogP contribution in [0.15, 0.2) is 6.20 Å². The second-order valence-corrected chi connectivity index (χ2v) is 7.86. The van der Waals surface area contributed by atoms with Gasteiger partial charge >= 0.3 is 5.97 Å². The van der Waals surface area contributed by atoms with Crippen LogP contribution in [0.3, 0.4) is 0 Å². The lowest BCUT2D eigenvalue weighted by molar-refractivity contribution is 0.0702. The predicted molar refractivity (Wildman–Crippen MR) is 75.7 cm³/mol. The Hall–Kier alpha value is -1.10. The van der Waals surface area contributed by atoms with Crippen molar-refractivity contribution in [2.24, 2.45) is 16.7 Å². The summed E-state index contributed by atoms with van der Waals surface area (Å²) in [4.78, 5) is 15.4. The molecule has 104 valence electrons. The number of aromatic nitrogens is 1. The van der Waals surface area contributed by atoms with E-state index in [2.05, 4.69) is 31.1 Å². The zero-order valence-electron chi connectivity index (χ0n) is 11.6. The molecule has 2 aliphatic carbocycles. The number of nitrogens with zero attached hydrogens (tertiary/aromatic N) is 1. The Morgan fingerprint density at radius 1 is 1.53 bits per heavy atom. The Morgan fingerprint density at radius 3 is 2.79 bits per heavy atom. The van der Waals surface area contributed by atoms with Crippen molar-refractivity contribution in [1.29, 1.82) is 0 Å². The Labute approximate surface area is 117 Å². The first-order chi connectivity index (χ1) is 8.83. The molecular weight excluding hydrogens is 260 g/mol. The normalized spacial score (nSPS) is 35.5. The fraction of sp³-hybridized carbons (Fsp3) is 0.714. The van der Waals surface area contributed by atoms with Gasteiger partial charge in [0.2, 0.25) is 0 Å². The van der Waals surface area contributed by atoms with Crippen molar-refractivity contribution in [3.8, 4) is 0 Å². The number of hydrogen-bond donors (Lipinski definition) is 2. The third-order valence-electron chi connectivity index (χ3n) is 5.25. The zero-order chi connectivity index (χ0) is 13.8. The molecule has 0 aliphatic heterocycles. The minimum Gasteiger partial charge on any atom is -0.477 e. The first kappa shape index (κ1) is 12.9. The summed E-state index contributed by atoms with van der Waals surface area (Å²) in [5, 5.41) is 13.2. The van der Waals surface area contributed by atoms with E-state index < -0.39 is 5.97 Å². The molecule has 0 amide bonds. The molecule has 0 saturated heterocycles. The lowest BCUT2D eigenvalue weighted by Crippen LogP contribution is -2.45. The van der Waals surface area contributed by atoms with Gasteiger partial charge in [-0.25, -0.2) is 9.78 Å². The van der Waals surface area contributed by atoms with Gasteiger partial charge in [0, 0.05) is 6.04 Å². The molecule has 3 rings (SSSR count). The van der Waals surface area contributed by atoms with E-state index in [1.165, 1.54) is 36.8 Å². The lowest BCUT2D eigenvalue weighted by Gasteiger charge is -2.43. The minimum atomic E-state index is -0.899. The zero-order valence-corrected chi connectivity index (χ0v) is 12.4. The number of fused-ring (bicyclic) bond motifs is 2. The SMILES string of the molecule is CC12CCC(C1)C(C)(C)C2Nc1ncc(C(=O)O)s1. The second-order valence-electron chi connectivity index (χ2n) is 6.83. The highest BCUT2D eigenvalue weighted by Gasteiger charge is 2.59. The molecule has 19 heavy (non-hydrogen) atoms. The Kier molecular flexibility index (Phi) is 2.68. The van der Waals surface area contributed by atoms with Crippen molar-refractivity contribution in [1.82, 2.24) is 4.98 Å². The van der Waals surface area contributed by atoms with E-state index in [-0.39, 0.29) is 5.41 Å². The van der Waals surface area contributed by atoms with E-state index in [1.807, 2.05) is 0 Å². The number of aromatic carboxylic acids is 1. The van der Waals surface area contributed by atoms with Crippen LogP contribution < -0.4 is 5.32 Å². The summed E-state index contributed by atoms with van der Waals surface area (Å²) < 4.78 is 0. The van der Waals surface area contributed by atoms with Crippen LogP contribution in [0.5, 0.6) is 0 Å². The highest BCUT2D eigenvalue weighted by atomic mass is 32.1. The third-order valence-corrected chi connectivity index (χ3v) is 6.17. The molecule has 1 heterocycles. The van der Waals surface area contributed by atoms with E-state index in [0.29, 0.717) is 16.3 Å². The maximum atomic E-state index is 10.9. The number of carboxylic acid groups (broad SMARTS) is 1. The van der Waals surface area contributed by atoms with Gasteiger partial charge in [-0.05, 0) is 36.0 Å². The number of hydrogen-bond acceptors (Lipinski definition) is 4. The highest BCUT2D eigenvalue weighted by Crippen LogP contribution is 2.63. The summed E-state index contributed by atoms with van der Waals surface area (Å²) in [5.74, 6) is -0.127. The molecule has 2 fully saturated rings. The molecule has 3 atom stereocenters. The van der Waals surface area contributed by atoms with Gasteiger partial charge in [-0.2, -0.15) is 0 Å². The monoisotopic (exact) mass is 280 g/mol. The van der Waals surface area contributed by atoms with Gasteiger partial charge in [0.15, 0.2) is 5.13 Å². The predicted octanol–water partition coefficient (Wildman–Crippen LogP) is 3.47. The van der Waals surface area contributed by atoms with Crippen LogP contribution in [0, 0.1) is 16.7 Å². The molecule has 3 unspecified atom stereocenters. The number of rotatable bonds is 3. The van der Waals surface area contributed by atoms with Crippen molar-refractivity contribution in [2.45, 2.75) is 46.1 Å². The molecule has 2 bridgehead atoms. The Morgan fingerprint density at radius 2 is 2.26 bits per heavy atom. The molecule has 0 radical (unpaired) electrons. The molecule has 0 aromatic carbocycles. The molecule has 2 N–H and O–H groups in total. The van der Waals surface area contributed by atoms with Crippen molar-refractivity contribution in [3.63, 3.8) is 0 Å². The second kappa shape index (κ2) is 3.95. The van der Waals surface area contributed by atoms with Gasteiger partial charge in [0.05, 0.1) is 6.20 Å². The molecule has 4 nitrogen and oxygen atoms in total. The first-order valence-electron chi connectivity index (χ1n) is 6.78. The molecule has 2 aliphatic rings. The topological polar surface area (TPSA) is 62.2 Å². The number of anilines is 1. The van der Waals surface area contributed by atoms with Gasteiger partial charge in [-0.3, -0.25) is 0 Å². The quantitative estimate of drug-likeness (QED) is 0.890. The van der Waals surface area contributed by atoms with Crippen molar-refractivity contribution >= 4 is 22.4 Å². The average Bonchev–Trinajstić information content (AvgIpc) is 2.95. The van der Waals surface area contributed by atoms with Gasteiger partial charge in [0.25, 0.3) is 0 Å². The van der Waals surface area contributed by atoms with Crippen molar-refractivity contribution in [3.05, 3.63) is 11.1 Å². The van der Waals surface area contributed by atoms with E-state index in [0.717, 1.165) is 11.0 Å². The van der Waals surface area contributed by atoms with Crippen LogP contribution in [0.1, 0.15) is 49.7 Å². The number of carboxylic acids is 1. The van der Waals surface area contributed by atoms with E-state index in [9.17, 15) is 4.79 Å². The standard InChI is InChI=1S/C14H20N2O2S/c1-13(2)8-4-5-14(3,6-8)11(13)16-12-15-7-9(19-12)10(17)18/h7-8,11H,4-6H2,1-3H3,(H,15,16)(H,17,18). The van der Waals surface area contributed by atoms with E-state index >= 15 is 0 Å². The number of carbonyl (C=O) groups is 1. The fourth-order valence-electron chi connectivity index (χ4n) is 4.23. The smallest absolute Gasteiger partial charge is 0.347 e. The summed E-state index contributed by atoms with van der Waals surface area (Å²) >= 11 is 1.23.